The Labute approximate surface area is 160 Å². The van der Waals surface area contributed by atoms with Crippen LogP contribution in [0, 0.1) is 5.82 Å². The number of hydrogen-bond donors (Lipinski definition) is 1. The van der Waals surface area contributed by atoms with Gasteiger partial charge in [-0.1, -0.05) is 23.7 Å². The van der Waals surface area contributed by atoms with Crippen LogP contribution in [0.15, 0.2) is 47.4 Å². The average Bonchev–Trinajstić information content (AvgIpc) is 2.60. The van der Waals surface area contributed by atoms with Crippen molar-refractivity contribution in [2.75, 3.05) is 31.8 Å². The first-order valence-electron chi connectivity index (χ1n) is 7.65. The second-order valence-electron chi connectivity index (χ2n) is 5.36. The molecule has 5 nitrogen and oxygen atoms in total. The van der Waals surface area contributed by atoms with Crippen LogP contribution >= 0.6 is 23.4 Å². The van der Waals surface area contributed by atoms with Crippen LogP contribution in [0.4, 0.5) is 10.1 Å². The molecule has 0 aliphatic rings. The number of hydrogen-bond acceptors (Lipinski definition) is 4. The predicted octanol–water partition coefficient (Wildman–Crippen LogP) is 3.68. The predicted molar refractivity (Wildman–Crippen MR) is 101 cm³/mol. The zero-order chi connectivity index (χ0) is 19.1. The Bertz CT molecular complexity index is 804. The van der Waals surface area contributed by atoms with Crippen LogP contribution in [0.25, 0.3) is 0 Å². The quantitative estimate of drug-likeness (QED) is 0.725. The van der Waals surface area contributed by atoms with Crippen molar-refractivity contribution in [2.24, 2.45) is 0 Å². The minimum absolute atomic E-state index is 0.0329. The van der Waals surface area contributed by atoms with Crippen LogP contribution in [0.1, 0.15) is 0 Å². The number of thioether (sulfide) groups is 1. The molecular formula is C18H18ClFN2O3S. The van der Waals surface area contributed by atoms with Crippen LogP contribution in [0.2, 0.25) is 5.02 Å². The van der Waals surface area contributed by atoms with Gasteiger partial charge in [0, 0.05) is 17.0 Å². The first kappa shape index (κ1) is 20.1. The number of nitrogens with zero attached hydrogens (tertiary/aromatic N) is 1. The van der Waals surface area contributed by atoms with Crippen LogP contribution in [0.5, 0.6) is 5.75 Å². The number of carbonyl (C=O) groups is 2. The summed E-state index contributed by atoms with van der Waals surface area (Å²) in [5, 5.41) is 3.11. The first-order valence-corrected chi connectivity index (χ1v) is 9.01. The monoisotopic (exact) mass is 396 g/mol. The number of nitrogens with one attached hydrogen (secondary N) is 1. The summed E-state index contributed by atoms with van der Waals surface area (Å²) in [5.41, 5.74) is 0.423. The van der Waals surface area contributed by atoms with Crippen molar-refractivity contribution >= 4 is 40.9 Å². The van der Waals surface area contributed by atoms with E-state index < -0.39 is 5.91 Å². The lowest BCUT2D eigenvalue weighted by Crippen LogP contribution is -2.36. The van der Waals surface area contributed by atoms with Gasteiger partial charge in [0.05, 0.1) is 25.1 Å². The van der Waals surface area contributed by atoms with Gasteiger partial charge in [-0.2, -0.15) is 0 Å². The summed E-state index contributed by atoms with van der Waals surface area (Å²) in [6.45, 7) is -0.146. The number of amides is 2. The highest BCUT2D eigenvalue weighted by Gasteiger charge is 2.15. The Morgan fingerprint density at radius 2 is 2.00 bits per heavy atom. The van der Waals surface area contributed by atoms with Crippen LogP contribution < -0.4 is 10.1 Å². The molecule has 2 aromatic rings. The highest BCUT2D eigenvalue weighted by Crippen LogP contribution is 2.27. The van der Waals surface area contributed by atoms with E-state index in [4.69, 9.17) is 16.3 Å². The molecule has 1 N–H and O–H groups in total. The smallest absolute Gasteiger partial charge is 0.244 e. The lowest BCUT2D eigenvalue weighted by molar-refractivity contribution is -0.131. The topological polar surface area (TPSA) is 58.6 Å². The molecule has 0 bridgehead atoms. The van der Waals surface area contributed by atoms with Crippen molar-refractivity contribution < 1.29 is 18.7 Å². The fourth-order valence-electron chi connectivity index (χ4n) is 2.08. The SMILES string of the molecule is COc1ccc(Cl)cc1NC(=O)CN(C)C(=O)CSc1ccccc1F. The number of halogens is 2. The zero-order valence-electron chi connectivity index (χ0n) is 14.3. The van der Waals surface area contributed by atoms with Gasteiger partial charge >= 0.3 is 0 Å². The molecule has 0 aromatic heterocycles. The number of rotatable bonds is 7. The molecule has 0 atom stereocenters. The van der Waals surface area contributed by atoms with E-state index in [-0.39, 0.29) is 24.0 Å². The molecule has 0 fully saturated rings. The van der Waals surface area contributed by atoms with Gasteiger partial charge in [0.15, 0.2) is 0 Å². The van der Waals surface area contributed by atoms with Crippen molar-refractivity contribution in [3.8, 4) is 5.75 Å². The van der Waals surface area contributed by atoms with Gasteiger partial charge in [0.25, 0.3) is 0 Å². The van der Waals surface area contributed by atoms with Crippen molar-refractivity contribution in [2.45, 2.75) is 4.90 Å². The molecule has 0 heterocycles. The van der Waals surface area contributed by atoms with Crippen molar-refractivity contribution in [1.29, 1.82) is 0 Å². The van der Waals surface area contributed by atoms with Crippen LogP contribution in [0.3, 0.4) is 0 Å². The average molecular weight is 397 g/mol. The second-order valence-corrected chi connectivity index (χ2v) is 6.82. The minimum Gasteiger partial charge on any atom is -0.495 e. The van der Waals surface area contributed by atoms with Crippen LogP contribution in [-0.2, 0) is 9.59 Å². The first-order chi connectivity index (χ1) is 12.4. The number of likely N-dealkylation sites (N-methyl/N-ethyl adjacent to an activating group) is 1. The third-order valence-electron chi connectivity index (χ3n) is 3.43. The Balaban J connectivity index is 1.89. The third-order valence-corrected chi connectivity index (χ3v) is 4.70. The highest BCUT2D eigenvalue weighted by atomic mass is 35.5. The Morgan fingerprint density at radius 1 is 1.27 bits per heavy atom. The Hall–Kier alpha value is -2.25. The van der Waals surface area contributed by atoms with E-state index in [1.165, 1.54) is 25.1 Å². The molecule has 0 saturated heterocycles. The number of methoxy groups -OCH3 is 1. The largest absolute Gasteiger partial charge is 0.495 e. The van der Waals surface area contributed by atoms with Gasteiger partial charge in [-0.3, -0.25) is 9.59 Å². The standard InChI is InChI=1S/C18H18ClFN2O3S/c1-22(18(24)11-26-16-6-4-3-5-13(16)20)10-17(23)21-14-9-12(19)7-8-15(14)25-2/h3-9H,10-11H2,1-2H3,(H,21,23). The molecule has 2 amide bonds. The molecule has 0 aliphatic heterocycles. The molecule has 0 aliphatic carbocycles. The van der Waals surface area contributed by atoms with E-state index in [1.807, 2.05) is 0 Å². The molecule has 0 unspecified atom stereocenters. The summed E-state index contributed by atoms with van der Waals surface area (Å²) in [6, 6.07) is 11.1. The minimum atomic E-state index is -0.391. The lowest BCUT2D eigenvalue weighted by Gasteiger charge is -2.17. The van der Waals surface area contributed by atoms with Gasteiger partial charge in [-0.25, -0.2) is 4.39 Å². The molecule has 138 valence electrons. The fourth-order valence-corrected chi connectivity index (χ4v) is 3.13. The molecule has 0 spiro atoms. The summed E-state index contributed by atoms with van der Waals surface area (Å²) in [5.74, 6) is -0.556. The van der Waals surface area contributed by atoms with Gasteiger partial charge in [0.1, 0.15) is 11.6 Å². The number of benzene rings is 2. The maximum atomic E-state index is 13.6. The molecule has 26 heavy (non-hydrogen) atoms. The second kappa shape index (κ2) is 9.45. The normalized spacial score (nSPS) is 10.3. The maximum Gasteiger partial charge on any atom is 0.244 e. The van der Waals surface area contributed by atoms with E-state index >= 15 is 0 Å². The van der Waals surface area contributed by atoms with E-state index in [9.17, 15) is 14.0 Å². The Morgan fingerprint density at radius 3 is 2.69 bits per heavy atom. The molecule has 8 heteroatoms. The zero-order valence-corrected chi connectivity index (χ0v) is 15.9. The summed E-state index contributed by atoms with van der Waals surface area (Å²) in [6.07, 6.45) is 0. The maximum absolute atomic E-state index is 13.6. The number of ether oxygens (including phenoxy) is 1. The van der Waals surface area contributed by atoms with Crippen molar-refractivity contribution in [1.82, 2.24) is 4.90 Å². The molecular weight excluding hydrogens is 379 g/mol. The van der Waals surface area contributed by atoms with E-state index in [0.29, 0.717) is 21.4 Å². The van der Waals surface area contributed by atoms with E-state index in [0.717, 1.165) is 11.8 Å². The third kappa shape index (κ3) is 5.64. The molecule has 2 rings (SSSR count). The van der Waals surface area contributed by atoms with E-state index in [1.54, 1.807) is 36.4 Å². The Kier molecular flexibility index (Phi) is 7.29. The molecule has 0 saturated carbocycles. The number of carbonyl (C=O) groups excluding carboxylic acids is 2. The van der Waals surface area contributed by atoms with Crippen molar-refractivity contribution in [3.63, 3.8) is 0 Å². The van der Waals surface area contributed by atoms with Crippen molar-refractivity contribution in [3.05, 3.63) is 53.3 Å². The van der Waals surface area contributed by atoms with E-state index in [2.05, 4.69) is 5.32 Å². The summed E-state index contributed by atoms with van der Waals surface area (Å²) in [4.78, 5) is 26.0. The van der Waals surface area contributed by atoms with Gasteiger partial charge < -0.3 is 15.0 Å². The van der Waals surface area contributed by atoms with Gasteiger partial charge in [-0.05, 0) is 30.3 Å². The van der Waals surface area contributed by atoms with Gasteiger partial charge in [-0.15, -0.1) is 11.8 Å². The number of anilines is 1. The van der Waals surface area contributed by atoms with Gasteiger partial charge in [0.2, 0.25) is 11.8 Å². The fraction of sp³-hybridized carbons (Fsp3) is 0.222. The lowest BCUT2D eigenvalue weighted by atomic mass is 10.3. The highest BCUT2D eigenvalue weighted by molar-refractivity contribution is 8.00. The summed E-state index contributed by atoms with van der Waals surface area (Å²) in [7, 11) is 2.99. The summed E-state index contributed by atoms with van der Waals surface area (Å²) < 4.78 is 18.7. The molecule has 0 radical (unpaired) electrons. The van der Waals surface area contributed by atoms with Crippen LogP contribution in [-0.4, -0.2) is 43.2 Å². The molecule has 2 aromatic carbocycles. The summed E-state index contributed by atoms with van der Waals surface area (Å²) >= 11 is 7.01.